The van der Waals surface area contributed by atoms with Crippen LogP contribution in [0.2, 0.25) is 10.0 Å². The number of halogens is 4. The van der Waals surface area contributed by atoms with E-state index in [1.165, 1.54) is 18.2 Å². The van der Waals surface area contributed by atoms with E-state index in [0.717, 1.165) is 0 Å². The first kappa shape index (κ1) is 14.5. The molecular weight excluding hydrogens is 354 g/mol. The molecular formula is C14H8BrCl2FO. The standard InChI is InChI=1S/C14H8BrCl2FO/c15-10-3-1-2-9(14(10)17)13(19)7-8-4-5-12(18)11(16)6-8/h1-6H,7H2. The minimum absolute atomic E-state index is 0.00522. The predicted molar refractivity (Wildman–Crippen MR) is 78.6 cm³/mol. The van der Waals surface area contributed by atoms with Crippen molar-refractivity contribution >= 4 is 44.9 Å². The molecule has 1 nitrogen and oxygen atoms in total. The number of benzene rings is 2. The molecule has 0 amide bonds. The van der Waals surface area contributed by atoms with Gasteiger partial charge in [0.2, 0.25) is 0 Å². The molecule has 0 aromatic heterocycles. The molecule has 0 unspecified atom stereocenters. The second-order valence-corrected chi connectivity index (χ2v) is 5.59. The second-order valence-electron chi connectivity index (χ2n) is 3.95. The molecule has 2 aromatic carbocycles. The van der Waals surface area contributed by atoms with Crippen molar-refractivity contribution in [2.24, 2.45) is 0 Å². The van der Waals surface area contributed by atoms with Gasteiger partial charge in [-0.3, -0.25) is 4.79 Å². The van der Waals surface area contributed by atoms with Crippen LogP contribution in [-0.2, 0) is 6.42 Å². The lowest BCUT2D eigenvalue weighted by atomic mass is 10.0. The molecule has 0 N–H and O–H groups in total. The minimum Gasteiger partial charge on any atom is -0.294 e. The maximum atomic E-state index is 13.0. The van der Waals surface area contributed by atoms with Gasteiger partial charge in [-0.15, -0.1) is 0 Å². The van der Waals surface area contributed by atoms with Crippen molar-refractivity contribution in [3.8, 4) is 0 Å². The second kappa shape index (κ2) is 6.04. The molecule has 0 heterocycles. The van der Waals surface area contributed by atoms with Crippen molar-refractivity contribution in [1.29, 1.82) is 0 Å². The van der Waals surface area contributed by atoms with Gasteiger partial charge in [-0.2, -0.15) is 0 Å². The summed E-state index contributed by atoms with van der Waals surface area (Å²) in [6, 6.07) is 9.37. The summed E-state index contributed by atoms with van der Waals surface area (Å²) in [4.78, 5) is 12.1. The number of carbonyl (C=O) groups excluding carboxylic acids is 1. The Balaban J connectivity index is 2.26. The van der Waals surface area contributed by atoms with Gasteiger partial charge in [-0.05, 0) is 45.8 Å². The Morgan fingerprint density at radius 3 is 2.63 bits per heavy atom. The van der Waals surface area contributed by atoms with Crippen molar-refractivity contribution < 1.29 is 9.18 Å². The zero-order valence-electron chi connectivity index (χ0n) is 9.59. The summed E-state index contributed by atoms with van der Waals surface area (Å²) >= 11 is 15.0. The molecule has 0 saturated carbocycles. The summed E-state index contributed by atoms with van der Waals surface area (Å²) in [5.74, 6) is -0.646. The van der Waals surface area contributed by atoms with Gasteiger partial charge in [0.05, 0.1) is 10.0 Å². The summed E-state index contributed by atoms with van der Waals surface area (Å²) in [5, 5.41) is 0.381. The average Bonchev–Trinajstić information content (AvgIpc) is 2.37. The Labute approximate surface area is 128 Å². The number of carbonyl (C=O) groups is 1. The van der Waals surface area contributed by atoms with Gasteiger partial charge >= 0.3 is 0 Å². The molecule has 0 spiro atoms. The van der Waals surface area contributed by atoms with E-state index in [0.29, 0.717) is 20.6 Å². The quantitative estimate of drug-likeness (QED) is 0.676. The lowest BCUT2D eigenvalue weighted by molar-refractivity contribution is 0.0993. The lowest BCUT2D eigenvalue weighted by Gasteiger charge is -2.06. The van der Waals surface area contributed by atoms with Crippen molar-refractivity contribution in [3.63, 3.8) is 0 Å². The van der Waals surface area contributed by atoms with E-state index in [1.54, 1.807) is 18.2 Å². The van der Waals surface area contributed by atoms with Crippen LogP contribution in [0, 0.1) is 5.82 Å². The van der Waals surface area contributed by atoms with Gasteiger partial charge < -0.3 is 0 Å². The number of hydrogen-bond acceptors (Lipinski definition) is 1. The van der Waals surface area contributed by atoms with Crippen molar-refractivity contribution in [3.05, 3.63) is 67.9 Å². The number of hydrogen-bond donors (Lipinski definition) is 0. The van der Waals surface area contributed by atoms with Crippen molar-refractivity contribution in [1.82, 2.24) is 0 Å². The molecule has 0 saturated heterocycles. The number of ketones is 1. The molecule has 0 aliphatic heterocycles. The van der Waals surface area contributed by atoms with Gasteiger partial charge in [0.15, 0.2) is 5.78 Å². The fourth-order valence-corrected chi connectivity index (χ4v) is 2.45. The Morgan fingerprint density at radius 2 is 1.95 bits per heavy atom. The van der Waals surface area contributed by atoms with Crippen LogP contribution in [0.4, 0.5) is 4.39 Å². The predicted octanol–water partition coefficient (Wildman–Crippen LogP) is 5.32. The zero-order chi connectivity index (χ0) is 14.0. The van der Waals surface area contributed by atoms with Crippen LogP contribution in [0.5, 0.6) is 0 Å². The molecule has 98 valence electrons. The molecule has 19 heavy (non-hydrogen) atoms. The van der Waals surface area contributed by atoms with E-state index >= 15 is 0 Å². The average molecular weight is 362 g/mol. The highest BCUT2D eigenvalue weighted by atomic mass is 79.9. The van der Waals surface area contributed by atoms with Crippen LogP contribution in [0.15, 0.2) is 40.9 Å². The first-order valence-corrected chi connectivity index (χ1v) is 6.95. The lowest BCUT2D eigenvalue weighted by Crippen LogP contribution is -2.04. The highest BCUT2D eigenvalue weighted by molar-refractivity contribution is 9.10. The van der Waals surface area contributed by atoms with Gasteiger partial charge in [0, 0.05) is 16.5 Å². The van der Waals surface area contributed by atoms with Crippen LogP contribution >= 0.6 is 39.1 Å². The van der Waals surface area contributed by atoms with E-state index in [2.05, 4.69) is 15.9 Å². The zero-order valence-corrected chi connectivity index (χ0v) is 12.7. The molecule has 0 radical (unpaired) electrons. The largest absolute Gasteiger partial charge is 0.294 e. The molecule has 0 bridgehead atoms. The Hall–Kier alpha value is -0.900. The summed E-state index contributed by atoms with van der Waals surface area (Å²) in [5.41, 5.74) is 1.07. The Kier molecular flexibility index (Phi) is 4.61. The third kappa shape index (κ3) is 3.35. The molecule has 2 aromatic rings. The summed E-state index contributed by atoms with van der Waals surface area (Å²) < 4.78 is 13.7. The maximum Gasteiger partial charge on any atom is 0.168 e. The Morgan fingerprint density at radius 1 is 1.21 bits per heavy atom. The van der Waals surface area contributed by atoms with E-state index in [4.69, 9.17) is 23.2 Å². The SMILES string of the molecule is O=C(Cc1ccc(F)c(Cl)c1)c1cccc(Br)c1Cl. The Bertz CT molecular complexity index is 643. The van der Waals surface area contributed by atoms with Crippen LogP contribution in [-0.4, -0.2) is 5.78 Å². The first-order chi connectivity index (χ1) is 8.99. The van der Waals surface area contributed by atoms with Gasteiger partial charge in [0.1, 0.15) is 5.82 Å². The van der Waals surface area contributed by atoms with Crippen LogP contribution in [0.3, 0.4) is 0 Å². The van der Waals surface area contributed by atoms with Crippen LogP contribution in [0.25, 0.3) is 0 Å². The highest BCUT2D eigenvalue weighted by Crippen LogP contribution is 2.27. The van der Waals surface area contributed by atoms with Gasteiger partial charge in [-0.1, -0.05) is 35.3 Å². The summed E-state index contributed by atoms with van der Waals surface area (Å²) in [7, 11) is 0. The third-order valence-corrected chi connectivity index (χ3v) is 4.19. The number of rotatable bonds is 3. The molecule has 0 aliphatic carbocycles. The third-order valence-electron chi connectivity index (χ3n) is 2.60. The van der Waals surface area contributed by atoms with Crippen LogP contribution in [0.1, 0.15) is 15.9 Å². The minimum atomic E-state index is -0.502. The fraction of sp³-hybridized carbons (Fsp3) is 0.0714. The topological polar surface area (TPSA) is 17.1 Å². The molecule has 0 fully saturated rings. The monoisotopic (exact) mass is 360 g/mol. The normalized spacial score (nSPS) is 10.5. The highest BCUT2D eigenvalue weighted by Gasteiger charge is 2.13. The van der Waals surface area contributed by atoms with Gasteiger partial charge in [-0.25, -0.2) is 4.39 Å². The molecule has 2 rings (SSSR count). The van der Waals surface area contributed by atoms with Crippen molar-refractivity contribution in [2.45, 2.75) is 6.42 Å². The van der Waals surface area contributed by atoms with Crippen LogP contribution < -0.4 is 0 Å². The number of Topliss-reactive ketones (excluding diaryl/α,β-unsaturated/α-hetero) is 1. The fourth-order valence-electron chi connectivity index (χ4n) is 1.65. The van der Waals surface area contributed by atoms with E-state index in [9.17, 15) is 9.18 Å². The van der Waals surface area contributed by atoms with E-state index in [-0.39, 0.29) is 17.2 Å². The molecule has 0 aliphatic rings. The van der Waals surface area contributed by atoms with Gasteiger partial charge in [0.25, 0.3) is 0 Å². The molecule has 0 atom stereocenters. The van der Waals surface area contributed by atoms with E-state index in [1.807, 2.05) is 0 Å². The summed E-state index contributed by atoms with van der Waals surface area (Å²) in [6.45, 7) is 0. The first-order valence-electron chi connectivity index (χ1n) is 5.40. The maximum absolute atomic E-state index is 13.0. The smallest absolute Gasteiger partial charge is 0.168 e. The molecule has 5 heteroatoms. The summed E-state index contributed by atoms with van der Waals surface area (Å²) in [6.07, 6.45) is 0.121. The van der Waals surface area contributed by atoms with E-state index < -0.39 is 5.82 Å². The van der Waals surface area contributed by atoms with Crippen molar-refractivity contribution in [2.75, 3.05) is 0 Å².